The van der Waals surface area contributed by atoms with Crippen molar-refractivity contribution in [3.63, 3.8) is 0 Å². The van der Waals surface area contributed by atoms with E-state index in [1.165, 1.54) is 12.0 Å². The lowest BCUT2D eigenvalue weighted by Crippen LogP contribution is -2.29. The van der Waals surface area contributed by atoms with Gasteiger partial charge in [-0.25, -0.2) is 0 Å². The molecule has 0 spiro atoms. The van der Waals surface area contributed by atoms with Gasteiger partial charge < -0.3 is 19.6 Å². The van der Waals surface area contributed by atoms with Gasteiger partial charge in [0.25, 0.3) is 11.7 Å². The molecule has 7 nitrogen and oxygen atoms in total. The predicted molar refractivity (Wildman–Crippen MR) is 134 cm³/mol. The van der Waals surface area contributed by atoms with Gasteiger partial charge in [0.1, 0.15) is 17.3 Å². The molecule has 2 heterocycles. The van der Waals surface area contributed by atoms with Crippen LogP contribution in [-0.2, 0) is 9.59 Å². The molecule has 3 aromatic carbocycles. The molecule has 0 aliphatic carbocycles. The van der Waals surface area contributed by atoms with Crippen LogP contribution in [0.15, 0.2) is 84.6 Å². The number of fused-ring (bicyclic) bond motifs is 1. The number of aromatic nitrogens is 1. The standard InChI is InChI=1S/C28H24N2O5/c1-3-35-18-10-8-9-17(15-18)30-25(21-16-29-22-13-6-4-11-19(21)22)24(27(32)28(30)33)26(31)20-12-5-7-14-23(20)34-2/h4-16,25,29,31H,3H2,1-2H3/b26-24+. The molecule has 1 fully saturated rings. The molecular formula is C28H24N2O5. The SMILES string of the molecule is CCOc1cccc(N2C(=O)C(=O)/C(=C(/O)c3ccccc3OC)C2c2c[nH]c3ccccc23)c1. The van der Waals surface area contributed by atoms with Gasteiger partial charge in [-0.1, -0.05) is 36.4 Å². The maximum Gasteiger partial charge on any atom is 0.300 e. The maximum atomic E-state index is 13.5. The van der Waals surface area contributed by atoms with Crippen LogP contribution in [0.1, 0.15) is 24.1 Å². The molecule has 2 N–H and O–H groups in total. The van der Waals surface area contributed by atoms with Crippen molar-refractivity contribution in [3.8, 4) is 11.5 Å². The first-order valence-corrected chi connectivity index (χ1v) is 11.3. The molecule has 0 saturated carbocycles. The number of aromatic amines is 1. The van der Waals surface area contributed by atoms with Crippen molar-refractivity contribution in [1.82, 2.24) is 4.98 Å². The van der Waals surface area contributed by atoms with Gasteiger partial charge in [0.05, 0.1) is 30.9 Å². The van der Waals surface area contributed by atoms with Crippen LogP contribution in [0.5, 0.6) is 11.5 Å². The van der Waals surface area contributed by atoms with Crippen LogP contribution in [0.2, 0.25) is 0 Å². The van der Waals surface area contributed by atoms with Gasteiger partial charge in [-0.15, -0.1) is 0 Å². The summed E-state index contributed by atoms with van der Waals surface area (Å²) in [5, 5.41) is 12.3. The highest BCUT2D eigenvalue weighted by atomic mass is 16.5. The number of nitrogens with zero attached hydrogens (tertiary/aromatic N) is 1. The molecule has 1 saturated heterocycles. The molecule has 1 atom stereocenters. The second-order valence-corrected chi connectivity index (χ2v) is 8.09. The van der Waals surface area contributed by atoms with Crippen LogP contribution in [0, 0.1) is 0 Å². The van der Waals surface area contributed by atoms with Gasteiger partial charge in [0.2, 0.25) is 0 Å². The third-order valence-electron chi connectivity index (χ3n) is 6.13. The topological polar surface area (TPSA) is 91.9 Å². The summed E-state index contributed by atoms with van der Waals surface area (Å²) in [6.07, 6.45) is 1.77. The first-order valence-electron chi connectivity index (χ1n) is 11.3. The molecule has 7 heteroatoms. The number of carbonyl (C=O) groups excluding carboxylic acids is 2. The normalized spacial score (nSPS) is 17.2. The minimum absolute atomic E-state index is 0.00827. The Balaban J connectivity index is 1.78. The minimum Gasteiger partial charge on any atom is -0.507 e. The largest absolute Gasteiger partial charge is 0.507 e. The van der Waals surface area contributed by atoms with Crippen LogP contribution in [0.25, 0.3) is 16.7 Å². The van der Waals surface area contributed by atoms with E-state index in [4.69, 9.17) is 9.47 Å². The Bertz CT molecular complexity index is 1470. The summed E-state index contributed by atoms with van der Waals surface area (Å²) >= 11 is 0. The number of ketones is 1. The molecule has 1 amide bonds. The van der Waals surface area contributed by atoms with Gasteiger partial charge in [-0.2, -0.15) is 0 Å². The number of aliphatic hydroxyl groups is 1. The Kier molecular flexibility index (Phi) is 5.74. The summed E-state index contributed by atoms with van der Waals surface area (Å²) in [4.78, 5) is 31.6. The number of ether oxygens (including phenoxy) is 2. The van der Waals surface area contributed by atoms with E-state index in [0.29, 0.717) is 34.9 Å². The van der Waals surface area contributed by atoms with Gasteiger partial charge in [-0.3, -0.25) is 14.5 Å². The van der Waals surface area contributed by atoms with Crippen molar-refractivity contribution in [2.45, 2.75) is 13.0 Å². The zero-order valence-corrected chi connectivity index (χ0v) is 19.3. The smallest absolute Gasteiger partial charge is 0.300 e. The monoisotopic (exact) mass is 468 g/mol. The molecule has 0 bridgehead atoms. The number of methoxy groups -OCH3 is 1. The maximum absolute atomic E-state index is 13.5. The summed E-state index contributed by atoms with van der Waals surface area (Å²) in [5.41, 5.74) is 2.37. The van der Waals surface area contributed by atoms with E-state index in [1.807, 2.05) is 31.2 Å². The van der Waals surface area contributed by atoms with E-state index < -0.39 is 17.7 Å². The molecule has 5 rings (SSSR count). The molecule has 1 aromatic heterocycles. The van der Waals surface area contributed by atoms with Gasteiger partial charge >= 0.3 is 0 Å². The van der Waals surface area contributed by atoms with Crippen molar-refractivity contribution < 1.29 is 24.2 Å². The highest BCUT2D eigenvalue weighted by Crippen LogP contribution is 2.45. The van der Waals surface area contributed by atoms with Crippen molar-refractivity contribution in [1.29, 1.82) is 0 Å². The molecule has 176 valence electrons. The number of Topliss-reactive ketones (excluding diaryl/α,β-unsaturated/α-hetero) is 1. The Hall–Kier alpha value is -4.52. The summed E-state index contributed by atoms with van der Waals surface area (Å²) in [6.45, 7) is 2.33. The number of nitrogens with one attached hydrogen (secondary N) is 1. The average molecular weight is 469 g/mol. The van der Waals surface area contributed by atoms with Crippen molar-refractivity contribution in [2.75, 3.05) is 18.6 Å². The molecular weight excluding hydrogens is 444 g/mol. The Morgan fingerprint density at radius 3 is 2.60 bits per heavy atom. The van der Waals surface area contributed by atoms with Crippen molar-refractivity contribution in [3.05, 3.63) is 95.7 Å². The lowest BCUT2D eigenvalue weighted by atomic mass is 9.94. The molecule has 0 radical (unpaired) electrons. The third kappa shape index (κ3) is 3.71. The Labute approximate surface area is 202 Å². The fraction of sp³-hybridized carbons (Fsp3) is 0.143. The summed E-state index contributed by atoms with van der Waals surface area (Å²) in [5.74, 6) is -0.822. The number of amides is 1. The molecule has 1 aliphatic heterocycles. The second-order valence-electron chi connectivity index (χ2n) is 8.09. The number of H-pyrrole nitrogens is 1. The summed E-state index contributed by atoms with van der Waals surface area (Å²) < 4.78 is 11.0. The molecule has 4 aromatic rings. The van der Waals surface area contributed by atoms with E-state index >= 15 is 0 Å². The van der Waals surface area contributed by atoms with E-state index in [1.54, 1.807) is 54.7 Å². The lowest BCUT2D eigenvalue weighted by Gasteiger charge is -2.25. The number of hydrogen-bond donors (Lipinski definition) is 2. The van der Waals surface area contributed by atoms with Gasteiger partial charge in [-0.05, 0) is 37.3 Å². The average Bonchev–Trinajstić information content (AvgIpc) is 3.42. The van der Waals surface area contributed by atoms with Crippen molar-refractivity contribution in [2.24, 2.45) is 0 Å². The zero-order chi connectivity index (χ0) is 24.5. The number of aliphatic hydroxyl groups excluding tert-OH is 1. The minimum atomic E-state index is -0.868. The molecule has 35 heavy (non-hydrogen) atoms. The quantitative estimate of drug-likeness (QED) is 0.231. The zero-order valence-electron chi connectivity index (χ0n) is 19.3. The van der Waals surface area contributed by atoms with E-state index in [-0.39, 0.29) is 11.3 Å². The Morgan fingerprint density at radius 2 is 1.80 bits per heavy atom. The van der Waals surface area contributed by atoms with Gasteiger partial charge in [0, 0.05) is 34.4 Å². The fourth-order valence-corrected chi connectivity index (χ4v) is 4.59. The number of anilines is 1. The Morgan fingerprint density at radius 1 is 1.03 bits per heavy atom. The van der Waals surface area contributed by atoms with Crippen LogP contribution in [0.4, 0.5) is 5.69 Å². The van der Waals surface area contributed by atoms with E-state index in [2.05, 4.69) is 4.98 Å². The highest BCUT2D eigenvalue weighted by Gasteiger charge is 2.48. The summed E-state index contributed by atoms with van der Waals surface area (Å²) in [6, 6.07) is 20.6. The number of para-hydroxylation sites is 2. The van der Waals surface area contributed by atoms with Crippen LogP contribution in [0.3, 0.4) is 0 Å². The molecule has 1 aliphatic rings. The third-order valence-corrected chi connectivity index (χ3v) is 6.13. The lowest BCUT2D eigenvalue weighted by molar-refractivity contribution is -0.132. The van der Waals surface area contributed by atoms with Gasteiger partial charge in [0.15, 0.2) is 0 Å². The van der Waals surface area contributed by atoms with Crippen LogP contribution >= 0.6 is 0 Å². The van der Waals surface area contributed by atoms with Crippen LogP contribution < -0.4 is 14.4 Å². The number of hydrogen-bond acceptors (Lipinski definition) is 5. The first-order chi connectivity index (χ1) is 17.0. The van der Waals surface area contributed by atoms with E-state index in [0.717, 1.165) is 10.9 Å². The van der Waals surface area contributed by atoms with Crippen molar-refractivity contribution >= 4 is 34.0 Å². The fourth-order valence-electron chi connectivity index (χ4n) is 4.59. The highest BCUT2D eigenvalue weighted by molar-refractivity contribution is 6.52. The number of carbonyl (C=O) groups is 2. The summed E-state index contributed by atoms with van der Waals surface area (Å²) in [7, 11) is 1.49. The number of rotatable bonds is 6. The van der Waals surface area contributed by atoms with E-state index in [9.17, 15) is 14.7 Å². The predicted octanol–water partition coefficient (Wildman–Crippen LogP) is 5.20. The first kappa shape index (κ1) is 22.3. The number of benzene rings is 3. The van der Waals surface area contributed by atoms with Crippen LogP contribution in [-0.4, -0.2) is 35.5 Å². The molecule has 1 unspecified atom stereocenters. The second kappa shape index (κ2) is 9.02.